The van der Waals surface area contributed by atoms with Crippen LogP contribution in [0.25, 0.3) is 0 Å². The summed E-state index contributed by atoms with van der Waals surface area (Å²) in [6, 6.07) is 0. The first-order chi connectivity index (χ1) is 29.1. The van der Waals surface area contributed by atoms with E-state index in [9.17, 15) is 10.2 Å². The predicted octanol–water partition coefficient (Wildman–Crippen LogP) is 15.0. The van der Waals surface area contributed by atoms with E-state index in [0.29, 0.717) is 33.5 Å². The largest absolute Gasteiger partial charge is 0.394 e. The topological polar surface area (TPSA) is 49.7 Å². The van der Waals surface area contributed by atoms with Crippen LogP contribution in [-0.2, 0) is 4.74 Å². The van der Waals surface area contributed by atoms with Gasteiger partial charge < -0.3 is 14.9 Å². The molecule has 0 saturated heterocycles. The van der Waals surface area contributed by atoms with E-state index in [4.69, 9.17) is 4.74 Å². The number of aliphatic hydroxyl groups is 2. The van der Waals surface area contributed by atoms with Crippen molar-refractivity contribution in [2.45, 2.75) is 223 Å². The molecule has 18 atom stereocenters. The van der Waals surface area contributed by atoms with E-state index >= 15 is 0 Å². The van der Waals surface area contributed by atoms with E-state index in [0.717, 1.165) is 96.7 Å². The van der Waals surface area contributed by atoms with Gasteiger partial charge in [0.15, 0.2) is 0 Å². The Morgan fingerprint density at radius 1 is 0.525 bits per heavy atom. The molecule has 0 amide bonds. The lowest BCUT2D eigenvalue weighted by atomic mass is 9.46. The zero-order valence-corrected chi connectivity index (χ0v) is 41.7. The number of allylic oxidation sites excluding steroid dienone is 4. The molecule has 8 aliphatic carbocycles. The molecule has 0 aliphatic heterocycles. The van der Waals surface area contributed by atoms with E-state index in [2.05, 4.69) is 81.4 Å². The van der Waals surface area contributed by atoms with Crippen molar-refractivity contribution in [3.63, 3.8) is 0 Å². The molecule has 6 fully saturated rings. The van der Waals surface area contributed by atoms with Crippen molar-refractivity contribution in [3.05, 3.63) is 23.3 Å². The minimum atomic E-state index is -0.181. The molecule has 0 bridgehead atoms. The Bertz CT molecular complexity index is 1430. The SMILES string of the molecule is CC(C)CCC[C@@H](C)[C@H]1CC[C@H]2[C@@H]3CC=C4C[C@@H](C(CO)OC(CO)[C@H]5CC[C@@]6(C)C(=CC[C@H]7[C@@H]8CC[C@H]([C@H](C)CCCC(C)C)[C@@]8(C)CC[C@@H]76)C5)CC[C@]4(C)[C@H]3CC[C@]12C. The zero-order chi connectivity index (χ0) is 43.5. The number of hydrogen-bond acceptors (Lipinski definition) is 3. The second-order valence-corrected chi connectivity index (χ2v) is 26.2. The summed E-state index contributed by atoms with van der Waals surface area (Å²) < 4.78 is 7.00. The predicted molar refractivity (Wildman–Crippen MR) is 256 cm³/mol. The lowest BCUT2D eigenvalue weighted by Gasteiger charge is -2.59. The van der Waals surface area contributed by atoms with Gasteiger partial charge in [0.1, 0.15) is 0 Å². The van der Waals surface area contributed by atoms with Crippen LogP contribution in [0.15, 0.2) is 23.3 Å². The van der Waals surface area contributed by atoms with Gasteiger partial charge in [-0.1, -0.05) is 131 Å². The van der Waals surface area contributed by atoms with E-state index in [-0.39, 0.29) is 25.4 Å². The molecule has 2 unspecified atom stereocenters. The van der Waals surface area contributed by atoms with Crippen LogP contribution in [0, 0.1) is 105 Å². The first-order valence-corrected chi connectivity index (χ1v) is 27.3. The molecule has 0 aromatic rings. The number of rotatable bonds is 16. The maximum absolute atomic E-state index is 11.0. The monoisotopic (exact) mass is 843 g/mol. The van der Waals surface area contributed by atoms with E-state index in [1.165, 1.54) is 116 Å². The van der Waals surface area contributed by atoms with Gasteiger partial charge in [-0.25, -0.2) is 0 Å². The molecule has 6 saturated carbocycles. The Hall–Kier alpha value is -0.640. The Kier molecular flexibility index (Phi) is 14.3. The third-order valence-electron chi connectivity index (χ3n) is 22.4. The third-order valence-corrected chi connectivity index (χ3v) is 22.4. The molecule has 3 nitrogen and oxygen atoms in total. The van der Waals surface area contributed by atoms with Crippen LogP contribution in [0.3, 0.4) is 0 Å². The molecule has 0 heterocycles. The minimum absolute atomic E-state index is 0.0722. The highest BCUT2D eigenvalue weighted by atomic mass is 16.5. The average molecular weight is 843 g/mol. The van der Waals surface area contributed by atoms with E-state index in [1.54, 1.807) is 11.1 Å². The summed E-state index contributed by atoms with van der Waals surface area (Å²) in [7, 11) is 0. The van der Waals surface area contributed by atoms with Gasteiger partial charge in [-0.05, 0) is 207 Å². The quantitative estimate of drug-likeness (QED) is 0.152. The molecular formula is C58H98O3. The Morgan fingerprint density at radius 2 is 0.934 bits per heavy atom. The number of ether oxygens (including phenoxy) is 1. The smallest absolute Gasteiger partial charge is 0.0841 e. The van der Waals surface area contributed by atoms with Crippen LogP contribution in [0.1, 0.15) is 210 Å². The van der Waals surface area contributed by atoms with Crippen LogP contribution in [0.4, 0.5) is 0 Å². The summed E-state index contributed by atoms with van der Waals surface area (Å²) in [6.45, 7) is 25.6. The zero-order valence-electron chi connectivity index (χ0n) is 41.7. The molecule has 3 heteroatoms. The van der Waals surface area contributed by atoms with Crippen molar-refractivity contribution < 1.29 is 14.9 Å². The molecule has 61 heavy (non-hydrogen) atoms. The number of fused-ring (bicyclic) bond motifs is 10. The second-order valence-electron chi connectivity index (χ2n) is 26.2. The summed E-state index contributed by atoms with van der Waals surface area (Å²) >= 11 is 0. The normalized spacial score (nSPS) is 45.1. The van der Waals surface area contributed by atoms with E-state index in [1.807, 2.05) is 0 Å². The van der Waals surface area contributed by atoms with Gasteiger partial charge in [0.2, 0.25) is 0 Å². The minimum Gasteiger partial charge on any atom is -0.394 e. The first kappa shape index (κ1) is 46.9. The molecule has 0 spiro atoms. The fourth-order valence-electron chi connectivity index (χ4n) is 18.9. The van der Waals surface area contributed by atoms with Gasteiger partial charge in [-0.2, -0.15) is 0 Å². The molecule has 0 radical (unpaired) electrons. The Morgan fingerprint density at radius 3 is 1.31 bits per heavy atom. The molecule has 8 rings (SSSR count). The second kappa shape index (κ2) is 18.6. The summed E-state index contributed by atoms with van der Waals surface area (Å²) in [4.78, 5) is 0. The van der Waals surface area contributed by atoms with Crippen molar-refractivity contribution >= 4 is 0 Å². The van der Waals surface area contributed by atoms with Crippen LogP contribution < -0.4 is 0 Å². The van der Waals surface area contributed by atoms with Gasteiger partial charge in [-0.15, -0.1) is 0 Å². The van der Waals surface area contributed by atoms with E-state index < -0.39 is 0 Å². The lowest BCUT2D eigenvalue weighted by Crippen LogP contribution is -2.52. The number of aliphatic hydroxyl groups excluding tert-OH is 2. The van der Waals surface area contributed by atoms with Crippen molar-refractivity contribution in [3.8, 4) is 0 Å². The molecule has 0 aromatic carbocycles. The van der Waals surface area contributed by atoms with Crippen molar-refractivity contribution in [2.75, 3.05) is 13.2 Å². The molecule has 0 aromatic heterocycles. The van der Waals surface area contributed by atoms with Crippen LogP contribution in [0.5, 0.6) is 0 Å². The van der Waals surface area contributed by atoms with Crippen LogP contribution in [-0.4, -0.2) is 35.6 Å². The molecular weight excluding hydrogens is 745 g/mol. The number of hydrogen-bond donors (Lipinski definition) is 2. The molecule has 8 aliphatic rings. The van der Waals surface area contributed by atoms with Gasteiger partial charge in [0.05, 0.1) is 25.4 Å². The fourth-order valence-corrected chi connectivity index (χ4v) is 18.9. The molecule has 348 valence electrons. The molecule has 2 N–H and O–H groups in total. The van der Waals surface area contributed by atoms with Gasteiger partial charge in [0.25, 0.3) is 0 Å². The maximum atomic E-state index is 11.0. The first-order valence-electron chi connectivity index (χ1n) is 27.3. The summed E-state index contributed by atoms with van der Waals surface area (Å²) in [5, 5.41) is 22.0. The lowest BCUT2D eigenvalue weighted by molar-refractivity contribution is -0.124. The van der Waals surface area contributed by atoms with Crippen LogP contribution in [0.2, 0.25) is 0 Å². The maximum Gasteiger partial charge on any atom is 0.0841 e. The summed E-state index contributed by atoms with van der Waals surface area (Å²) in [6.07, 6.45) is 34.5. The summed E-state index contributed by atoms with van der Waals surface area (Å²) in [5.74, 6) is 11.0. The van der Waals surface area contributed by atoms with Gasteiger partial charge in [0, 0.05) is 0 Å². The van der Waals surface area contributed by atoms with Crippen molar-refractivity contribution in [1.29, 1.82) is 0 Å². The van der Waals surface area contributed by atoms with Gasteiger partial charge >= 0.3 is 0 Å². The Balaban J connectivity index is 0.882. The van der Waals surface area contributed by atoms with Crippen LogP contribution >= 0.6 is 0 Å². The highest BCUT2D eigenvalue weighted by Crippen LogP contribution is 2.69. The third kappa shape index (κ3) is 8.52. The Labute approximate surface area is 377 Å². The standard InChI is InChI=1S/C58H98O3/c1-37(2)13-11-15-39(5)47-21-23-49-45-19-17-43-33-41(25-29-55(43,7)51(45)27-31-57(47,49)9)53(35-59)61-54(36-60)42-26-30-56(8)44(34-42)18-20-46-50-24-22-48(40(6)16-12-14-38(3)4)58(50,10)32-28-52(46)56/h17-18,37-42,45-54,59-60H,11-16,19-36H2,1-10H3/t39-,40-,41+,42+,45+,46+,47-,48-,49+,50+,51+,52+,53?,54?,55+,56+,57-,58-/m1/s1. The van der Waals surface area contributed by atoms with Gasteiger partial charge in [-0.3, -0.25) is 0 Å². The fraction of sp³-hybridized carbons (Fsp3) is 0.931. The highest BCUT2D eigenvalue weighted by molar-refractivity contribution is 5.27. The summed E-state index contributed by atoms with van der Waals surface area (Å²) in [5.41, 5.74) is 5.06. The highest BCUT2D eigenvalue weighted by Gasteiger charge is 2.61. The van der Waals surface area contributed by atoms with Crippen molar-refractivity contribution in [2.24, 2.45) is 105 Å². The average Bonchev–Trinajstić information content (AvgIpc) is 3.77. The van der Waals surface area contributed by atoms with Crippen molar-refractivity contribution in [1.82, 2.24) is 0 Å².